The van der Waals surface area contributed by atoms with Gasteiger partial charge in [-0.05, 0) is 37.3 Å². The summed E-state index contributed by atoms with van der Waals surface area (Å²) in [7, 11) is 0. The Hall–Kier alpha value is -2.06. The summed E-state index contributed by atoms with van der Waals surface area (Å²) in [5.41, 5.74) is 16.1. The molecule has 0 radical (unpaired) electrons. The molecule has 5 rings (SSSR count). The van der Waals surface area contributed by atoms with Gasteiger partial charge in [-0.1, -0.05) is 18.2 Å². The smallest absolute Gasteiger partial charge is 0.128 e. The number of nitrogens with one attached hydrogen (secondary N) is 3. The molecule has 2 aromatic rings. The van der Waals surface area contributed by atoms with Gasteiger partial charge in [0.15, 0.2) is 0 Å². The second-order valence-electron chi connectivity index (χ2n) is 8.54. The molecule has 5 N–H and O–H groups in total. The summed E-state index contributed by atoms with van der Waals surface area (Å²) in [4.78, 5) is 6.82. The highest BCUT2D eigenvalue weighted by Gasteiger charge is 2.42. The lowest BCUT2D eigenvalue weighted by Gasteiger charge is -2.38. The summed E-state index contributed by atoms with van der Waals surface area (Å²) < 4.78 is 14.5. The van der Waals surface area contributed by atoms with Gasteiger partial charge in [-0.15, -0.1) is 0 Å². The van der Waals surface area contributed by atoms with E-state index in [1.165, 1.54) is 11.3 Å². The Bertz CT molecular complexity index is 861. The Morgan fingerprint density at radius 3 is 2.90 bits per heavy atom. The number of hydrogen-bond donors (Lipinski definition) is 4. The van der Waals surface area contributed by atoms with Gasteiger partial charge in [0.2, 0.25) is 0 Å². The first-order valence-electron chi connectivity index (χ1n) is 10.6. The summed E-state index contributed by atoms with van der Waals surface area (Å²) in [6.07, 6.45) is 6.98. The van der Waals surface area contributed by atoms with Crippen molar-refractivity contribution >= 4 is 5.69 Å². The van der Waals surface area contributed by atoms with E-state index in [9.17, 15) is 4.39 Å². The molecule has 29 heavy (non-hydrogen) atoms. The van der Waals surface area contributed by atoms with Crippen molar-refractivity contribution in [3.8, 4) is 0 Å². The number of benzene rings is 1. The van der Waals surface area contributed by atoms with E-state index in [1.807, 2.05) is 24.5 Å². The van der Waals surface area contributed by atoms with Crippen LogP contribution in [-0.4, -0.2) is 36.7 Å². The van der Waals surface area contributed by atoms with Crippen molar-refractivity contribution < 1.29 is 4.39 Å². The molecular formula is C22H29FN6. The van der Waals surface area contributed by atoms with Gasteiger partial charge in [0.1, 0.15) is 5.82 Å². The number of aromatic nitrogens is 1. The van der Waals surface area contributed by atoms with E-state index in [0.717, 1.165) is 44.5 Å². The lowest BCUT2D eigenvalue weighted by Crippen LogP contribution is -2.47. The van der Waals surface area contributed by atoms with Gasteiger partial charge in [0.25, 0.3) is 0 Å². The summed E-state index contributed by atoms with van der Waals surface area (Å²) in [5.74, 6) is 0.154. The monoisotopic (exact) mass is 396 g/mol. The number of nitrogens with zero attached hydrogens (tertiary/aromatic N) is 2. The van der Waals surface area contributed by atoms with Crippen molar-refractivity contribution in [1.29, 1.82) is 0 Å². The predicted octanol–water partition coefficient (Wildman–Crippen LogP) is 2.02. The van der Waals surface area contributed by atoms with Crippen molar-refractivity contribution in [3.05, 3.63) is 59.7 Å². The zero-order valence-electron chi connectivity index (χ0n) is 16.5. The maximum Gasteiger partial charge on any atom is 0.128 e. The minimum atomic E-state index is -0.146. The van der Waals surface area contributed by atoms with Gasteiger partial charge in [-0.2, -0.15) is 0 Å². The van der Waals surface area contributed by atoms with E-state index < -0.39 is 0 Å². The van der Waals surface area contributed by atoms with Gasteiger partial charge in [0.05, 0.1) is 6.04 Å². The molecule has 0 aliphatic carbocycles. The largest absolute Gasteiger partial charge is 0.370 e. The van der Waals surface area contributed by atoms with Crippen LogP contribution < -0.4 is 26.8 Å². The van der Waals surface area contributed by atoms with Crippen LogP contribution in [0.15, 0.2) is 42.7 Å². The SMILES string of the molecule is N[C@@H]1CCCN(c2ccncc2C2CC3C(CN2)NNC3c2ccccc2F)C1. The van der Waals surface area contributed by atoms with Crippen LogP contribution in [-0.2, 0) is 0 Å². The molecular weight excluding hydrogens is 367 g/mol. The van der Waals surface area contributed by atoms with Crippen LogP contribution in [0, 0.1) is 11.7 Å². The number of hydrazine groups is 1. The number of nitrogens with two attached hydrogens (primary N) is 1. The molecule has 3 aliphatic rings. The maximum absolute atomic E-state index is 14.5. The van der Waals surface area contributed by atoms with Crippen LogP contribution in [0.2, 0.25) is 0 Å². The Kier molecular flexibility index (Phi) is 5.22. The van der Waals surface area contributed by atoms with Gasteiger partial charge in [-0.25, -0.2) is 9.82 Å². The molecule has 4 unspecified atom stereocenters. The predicted molar refractivity (Wildman–Crippen MR) is 112 cm³/mol. The van der Waals surface area contributed by atoms with Crippen LogP contribution in [0.1, 0.15) is 42.5 Å². The second kappa shape index (κ2) is 7.99. The molecule has 0 bridgehead atoms. The number of pyridine rings is 1. The van der Waals surface area contributed by atoms with Crippen molar-refractivity contribution in [2.24, 2.45) is 11.7 Å². The zero-order valence-corrected chi connectivity index (χ0v) is 16.5. The average molecular weight is 397 g/mol. The molecule has 4 heterocycles. The molecule has 3 fully saturated rings. The highest BCUT2D eigenvalue weighted by Crippen LogP contribution is 2.41. The molecule has 154 valence electrons. The summed E-state index contributed by atoms with van der Waals surface area (Å²) in [5, 5.41) is 3.69. The van der Waals surface area contributed by atoms with E-state index in [-0.39, 0.29) is 30.0 Å². The Morgan fingerprint density at radius 2 is 2.03 bits per heavy atom. The quantitative estimate of drug-likeness (QED) is 0.636. The Labute approximate surface area is 171 Å². The number of piperidine rings is 2. The molecule has 0 amide bonds. The van der Waals surface area contributed by atoms with Gasteiger partial charge < -0.3 is 16.0 Å². The normalized spacial score (nSPS) is 32.2. The first-order valence-corrected chi connectivity index (χ1v) is 10.6. The molecule has 0 spiro atoms. The van der Waals surface area contributed by atoms with Crippen LogP contribution in [0.3, 0.4) is 0 Å². The van der Waals surface area contributed by atoms with Crippen molar-refractivity contribution in [2.45, 2.75) is 43.4 Å². The van der Waals surface area contributed by atoms with Crippen LogP contribution >= 0.6 is 0 Å². The van der Waals surface area contributed by atoms with Gasteiger partial charge in [0, 0.05) is 67.0 Å². The molecule has 6 nitrogen and oxygen atoms in total. The minimum Gasteiger partial charge on any atom is -0.370 e. The molecule has 3 aliphatic heterocycles. The molecule has 7 heteroatoms. The molecule has 5 atom stereocenters. The molecule has 1 aromatic carbocycles. The Balaban J connectivity index is 1.40. The fourth-order valence-electron chi connectivity index (χ4n) is 5.23. The number of halogens is 1. The summed E-state index contributed by atoms with van der Waals surface area (Å²) in [6, 6.07) is 9.85. The summed E-state index contributed by atoms with van der Waals surface area (Å²) in [6.45, 7) is 2.75. The first-order chi connectivity index (χ1) is 14.2. The van der Waals surface area contributed by atoms with Crippen molar-refractivity contribution in [2.75, 3.05) is 24.5 Å². The standard InChI is InChI=1S/C22H29FN6/c23-18-6-2-1-5-15(18)22-16-10-19(26-12-20(16)27-28-22)17-11-25-8-7-21(17)29-9-3-4-14(24)13-29/h1-2,5-8,11,14,16,19-20,22,26-28H,3-4,9-10,12-13,24H2/t14-,16?,19?,20?,22?/m1/s1. The highest BCUT2D eigenvalue weighted by atomic mass is 19.1. The summed E-state index contributed by atoms with van der Waals surface area (Å²) >= 11 is 0. The highest BCUT2D eigenvalue weighted by molar-refractivity contribution is 5.54. The van der Waals surface area contributed by atoms with Gasteiger partial charge >= 0.3 is 0 Å². The lowest BCUT2D eigenvalue weighted by atomic mass is 9.80. The van der Waals surface area contributed by atoms with Crippen molar-refractivity contribution in [1.82, 2.24) is 21.2 Å². The third kappa shape index (κ3) is 3.64. The Morgan fingerprint density at radius 1 is 1.14 bits per heavy atom. The third-order valence-electron chi connectivity index (χ3n) is 6.70. The fourth-order valence-corrected chi connectivity index (χ4v) is 5.23. The number of anilines is 1. The van der Waals surface area contributed by atoms with Crippen LogP contribution in [0.25, 0.3) is 0 Å². The fraction of sp³-hybridized carbons (Fsp3) is 0.500. The van der Waals surface area contributed by atoms with E-state index in [4.69, 9.17) is 5.73 Å². The van der Waals surface area contributed by atoms with Gasteiger partial charge in [-0.3, -0.25) is 10.4 Å². The van der Waals surface area contributed by atoms with E-state index in [2.05, 4.69) is 32.1 Å². The average Bonchev–Trinajstić information content (AvgIpc) is 3.17. The number of fused-ring (bicyclic) bond motifs is 1. The first kappa shape index (κ1) is 18.9. The van der Waals surface area contributed by atoms with E-state index in [0.29, 0.717) is 5.92 Å². The number of hydrogen-bond acceptors (Lipinski definition) is 6. The topological polar surface area (TPSA) is 78.2 Å². The van der Waals surface area contributed by atoms with Crippen LogP contribution in [0.5, 0.6) is 0 Å². The van der Waals surface area contributed by atoms with Crippen molar-refractivity contribution in [3.63, 3.8) is 0 Å². The molecule has 3 saturated heterocycles. The van der Waals surface area contributed by atoms with Crippen LogP contribution in [0.4, 0.5) is 10.1 Å². The second-order valence-corrected chi connectivity index (χ2v) is 8.54. The van der Waals surface area contributed by atoms with E-state index in [1.54, 1.807) is 12.1 Å². The third-order valence-corrected chi connectivity index (χ3v) is 6.70. The zero-order chi connectivity index (χ0) is 19.8. The number of rotatable bonds is 3. The molecule has 1 aromatic heterocycles. The van der Waals surface area contributed by atoms with E-state index >= 15 is 0 Å². The molecule has 0 saturated carbocycles. The minimum absolute atomic E-state index is 0.0330. The maximum atomic E-state index is 14.5. The lowest BCUT2D eigenvalue weighted by molar-refractivity contribution is 0.264.